The summed E-state index contributed by atoms with van der Waals surface area (Å²) in [5, 5.41) is 2.90. The molecular formula is C16H18N2OS. The van der Waals surface area contributed by atoms with Gasteiger partial charge in [-0.25, -0.2) is 0 Å². The average Bonchev–Trinajstić information content (AvgIpc) is 2.91. The zero-order chi connectivity index (χ0) is 13.9. The molecule has 0 saturated heterocycles. The second kappa shape index (κ2) is 5.75. The molecule has 4 heteroatoms. The van der Waals surface area contributed by atoms with Crippen LogP contribution < -0.4 is 5.32 Å². The number of hydrogen-bond acceptors (Lipinski definition) is 3. The van der Waals surface area contributed by atoms with Crippen LogP contribution in [0, 0.1) is 5.92 Å². The van der Waals surface area contributed by atoms with Gasteiger partial charge < -0.3 is 5.32 Å². The molecule has 3 nitrogen and oxygen atoms in total. The summed E-state index contributed by atoms with van der Waals surface area (Å²) >= 11 is 1.64. The van der Waals surface area contributed by atoms with Crippen LogP contribution >= 0.6 is 11.3 Å². The normalized spacial score (nSPS) is 17.6. The third-order valence-corrected chi connectivity index (χ3v) is 5.14. The van der Waals surface area contributed by atoms with E-state index in [2.05, 4.69) is 23.3 Å². The van der Waals surface area contributed by atoms with Crippen molar-refractivity contribution in [3.63, 3.8) is 0 Å². The van der Waals surface area contributed by atoms with Crippen molar-refractivity contribution in [3.8, 4) is 0 Å². The second-order valence-electron chi connectivity index (χ2n) is 5.27. The summed E-state index contributed by atoms with van der Waals surface area (Å²) in [7, 11) is 0. The first kappa shape index (κ1) is 13.3. The Hall–Kier alpha value is -1.68. The van der Waals surface area contributed by atoms with Crippen molar-refractivity contribution in [1.29, 1.82) is 0 Å². The highest BCUT2D eigenvalue weighted by Crippen LogP contribution is 2.33. The van der Waals surface area contributed by atoms with Crippen molar-refractivity contribution in [1.82, 2.24) is 4.98 Å². The lowest BCUT2D eigenvalue weighted by Crippen LogP contribution is -2.11. The minimum absolute atomic E-state index is 0.0227. The molecule has 0 unspecified atom stereocenters. The number of amides is 1. The van der Waals surface area contributed by atoms with E-state index in [0.717, 1.165) is 29.3 Å². The number of aromatic nitrogens is 1. The Morgan fingerprint density at radius 1 is 1.55 bits per heavy atom. The van der Waals surface area contributed by atoms with Crippen molar-refractivity contribution in [2.45, 2.75) is 32.6 Å². The van der Waals surface area contributed by atoms with Crippen molar-refractivity contribution in [2.75, 3.05) is 5.32 Å². The molecule has 2 aromatic rings. The minimum Gasteiger partial charge on any atom is -0.320 e. The zero-order valence-corrected chi connectivity index (χ0v) is 12.4. The van der Waals surface area contributed by atoms with Crippen LogP contribution in [0.3, 0.4) is 0 Å². The lowest BCUT2D eigenvalue weighted by atomic mass is 9.87. The molecule has 20 heavy (non-hydrogen) atoms. The van der Waals surface area contributed by atoms with Crippen LogP contribution in [0.4, 0.5) is 5.69 Å². The van der Waals surface area contributed by atoms with Gasteiger partial charge in [-0.3, -0.25) is 9.78 Å². The first-order chi connectivity index (χ1) is 9.76. The Kier molecular flexibility index (Phi) is 3.83. The predicted octanol–water partition coefficient (Wildman–Crippen LogP) is 3.91. The van der Waals surface area contributed by atoms with Gasteiger partial charge in [0.05, 0.1) is 16.8 Å². The summed E-state index contributed by atoms with van der Waals surface area (Å²) in [5.41, 5.74) is 2.12. The fraction of sp³-hybridized carbons (Fsp3) is 0.375. The number of carbonyl (C=O) groups excluding carboxylic acids is 1. The molecule has 104 valence electrons. The van der Waals surface area contributed by atoms with Crippen LogP contribution in [0.1, 0.15) is 39.9 Å². The third kappa shape index (κ3) is 2.75. The molecule has 1 atom stereocenters. The fourth-order valence-corrected chi connectivity index (χ4v) is 3.79. The summed E-state index contributed by atoms with van der Waals surface area (Å²) < 4.78 is 0. The third-order valence-electron chi connectivity index (χ3n) is 3.91. The van der Waals surface area contributed by atoms with E-state index in [1.807, 2.05) is 12.1 Å². The summed E-state index contributed by atoms with van der Waals surface area (Å²) in [4.78, 5) is 18.5. The number of hydrogen-bond donors (Lipinski definition) is 1. The smallest absolute Gasteiger partial charge is 0.265 e. The molecule has 1 aliphatic carbocycles. The largest absolute Gasteiger partial charge is 0.320 e. The monoisotopic (exact) mass is 286 g/mol. The van der Waals surface area contributed by atoms with Crippen LogP contribution in [-0.2, 0) is 12.8 Å². The number of fused-ring (bicyclic) bond motifs is 1. The van der Waals surface area contributed by atoms with Gasteiger partial charge in [-0.1, -0.05) is 13.3 Å². The van der Waals surface area contributed by atoms with Gasteiger partial charge >= 0.3 is 0 Å². The number of carbonyl (C=O) groups is 1. The summed E-state index contributed by atoms with van der Waals surface area (Å²) in [5.74, 6) is 0.761. The van der Waals surface area contributed by atoms with Crippen molar-refractivity contribution < 1.29 is 4.79 Å². The topological polar surface area (TPSA) is 42.0 Å². The lowest BCUT2D eigenvalue weighted by molar-refractivity contribution is 0.103. The van der Waals surface area contributed by atoms with Gasteiger partial charge in [0.25, 0.3) is 5.91 Å². The Morgan fingerprint density at radius 2 is 2.45 bits per heavy atom. The van der Waals surface area contributed by atoms with Gasteiger partial charge in [-0.05, 0) is 48.9 Å². The maximum absolute atomic E-state index is 12.3. The van der Waals surface area contributed by atoms with Gasteiger partial charge in [0.15, 0.2) is 0 Å². The molecule has 2 heterocycles. The van der Waals surface area contributed by atoms with Crippen LogP contribution in [0.2, 0.25) is 0 Å². The van der Waals surface area contributed by atoms with Crippen molar-refractivity contribution in [3.05, 3.63) is 45.9 Å². The van der Waals surface area contributed by atoms with Gasteiger partial charge in [0, 0.05) is 11.1 Å². The average molecular weight is 286 g/mol. The Bertz CT molecular complexity index is 606. The lowest BCUT2D eigenvalue weighted by Gasteiger charge is -2.19. The van der Waals surface area contributed by atoms with E-state index >= 15 is 0 Å². The molecular weight excluding hydrogens is 268 g/mol. The van der Waals surface area contributed by atoms with Gasteiger partial charge in [-0.15, -0.1) is 11.3 Å². The molecule has 0 aromatic carbocycles. The van der Waals surface area contributed by atoms with Crippen LogP contribution in [0.25, 0.3) is 0 Å². The Labute approximate surface area is 123 Å². The van der Waals surface area contributed by atoms with E-state index in [-0.39, 0.29) is 5.91 Å². The Morgan fingerprint density at radius 3 is 3.20 bits per heavy atom. The summed E-state index contributed by atoms with van der Waals surface area (Å²) in [6.07, 6.45) is 8.10. The summed E-state index contributed by atoms with van der Waals surface area (Å²) in [6.45, 7) is 2.25. The number of pyridine rings is 1. The molecule has 0 spiro atoms. The molecule has 0 saturated carbocycles. The predicted molar refractivity (Wildman–Crippen MR) is 82.3 cm³/mol. The first-order valence-electron chi connectivity index (χ1n) is 7.09. The maximum Gasteiger partial charge on any atom is 0.265 e. The summed E-state index contributed by atoms with van der Waals surface area (Å²) in [6, 6.07) is 5.75. The molecule has 1 N–H and O–H groups in total. The van der Waals surface area contributed by atoms with E-state index < -0.39 is 0 Å². The zero-order valence-electron chi connectivity index (χ0n) is 11.6. The SMILES string of the molecule is CC[C@@H]1CCc2sc(C(=O)Nc3cccnc3)cc2C1. The van der Waals surface area contributed by atoms with Gasteiger partial charge in [0.1, 0.15) is 0 Å². The standard InChI is InChI=1S/C16H18N2OS/c1-2-11-5-6-14-12(8-11)9-15(20-14)16(19)18-13-4-3-7-17-10-13/h3-4,7,9-11H,2,5-6,8H2,1H3,(H,18,19)/t11-/m1/s1. The van der Waals surface area contributed by atoms with Gasteiger partial charge in [0.2, 0.25) is 0 Å². The Balaban J connectivity index is 1.75. The van der Waals surface area contributed by atoms with Crippen molar-refractivity contribution in [2.24, 2.45) is 5.92 Å². The number of rotatable bonds is 3. The van der Waals surface area contributed by atoms with Crippen LogP contribution in [0.15, 0.2) is 30.6 Å². The molecule has 0 bridgehead atoms. The van der Waals surface area contributed by atoms with Crippen molar-refractivity contribution >= 4 is 22.9 Å². The number of aryl methyl sites for hydroxylation is 1. The fourth-order valence-electron chi connectivity index (χ4n) is 2.69. The van der Waals surface area contributed by atoms with Gasteiger partial charge in [-0.2, -0.15) is 0 Å². The van der Waals surface area contributed by atoms with E-state index in [1.165, 1.54) is 23.3 Å². The van der Waals surface area contributed by atoms with E-state index in [0.29, 0.717) is 0 Å². The molecule has 3 rings (SSSR count). The molecule has 0 aliphatic heterocycles. The van der Waals surface area contributed by atoms with E-state index in [1.54, 1.807) is 23.7 Å². The molecule has 0 fully saturated rings. The first-order valence-corrected chi connectivity index (χ1v) is 7.91. The maximum atomic E-state index is 12.3. The molecule has 2 aromatic heterocycles. The van der Waals surface area contributed by atoms with E-state index in [9.17, 15) is 4.79 Å². The van der Waals surface area contributed by atoms with Crippen LogP contribution in [0.5, 0.6) is 0 Å². The minimum atomic E-state index is -0.0227. The molecule has 1 amide bonds. The van der Waals surface area contributed by atoms with E-state index in [4.69, 9.17) is 0 Å². The number of thiophene rings is 1. The molecule has 0 radical (unpaired) electrons. The highest BCUT2D eigenvalue weighted by Gasteiger charge is 2.22. The highest BCUT2D eigenvalue weighted by atomic mass is 32.1. The molecule has 1 aliphatic rings. The number of nitrogens with zero attached hydrogens (tertiary/aromatic N) is 1. The number of anilines is 1. The van der Waals surface area contributed by atoms with Crippen LogP contribution in [-0.4, -0.2) is 10.9 Å². The quantitative estimate of drug-likeness (QED) is 0.929. The highest BCUT2D eigenvalue weighted by molar-refractivity contribution is 7.14. The number of nitrogens with one attached hydrogen (secondary N) is 1. The second-order valence-corrected chi connectivity index (χ2v) is 6.41.